The number of amides is 1. The van der Waals surface area contributed by atoms with Crippen LogP contribution >= 0.6 is 0 Å². The number of carbonyl (C=O) groups excluding carboxylic acids is 1. The number of hydrogen-bond acceptors (Lipinski definition) is 4. The lowest BCUT2D eigenvalue weighted by molar-refractivity contribution is -0.133. The van der Waals surface area contributed by atoms with Crippen LogP contribution in [0.3, 0.4) is 0 Å². The minimum absolute atomic E-state index is 0.169. The van der Waals surface area contributed by atoms with Crippen molar-refractivity contribution in [3.63, 3.8) is 0 Å². The van der Waals surface area contributed by atoms with Crippen molar-refractivity contribution in [3.05, 3.63) is 65.7 Å². The molecule has 2 N–H and O–H groups in total. The van der Waals surface area contributed by atoms with Gasteiger partial charge in [-0.05, 0) is 37.1 Å². The molecule has 0 heterocycles. The number of carbonyl (C=O) groups is 1. The number of rotatable bonds is 10. The van der Waals surface area contributed by atoms with E-state index in [1.54, 1.807) is 0 Å². The lowest BCUT2D eigenvalue weighted by atomic mass is 10.0. The lowest BCUT2D eigenvalue weighted by Gasteiger charge is -2.22. The molecule has 0 spiro atoms. The molecular formula is C21H27NO4. The van der Waals surface area contributed by atoms with Crippen molar-refractivity contribution in [2.24, 2.45) is 0 Å². The zero-order chi connectivity index (χ0) is 18.8. The van der Waals surface area contributed by atoms with Gasteiger partial charge in [0.15, 0.2) is 0 Å². The van der Waals surface area contributed by atoms with E-state index in [1.807, 2.05) is 68.4 Å². The van der Waals surface area contributed by atoms with Gasteiger partial charge in [-0.1, -0.05) is 42.5 Å². The summed E-state index contributed by atoms with van der Waals surface area (Å²) < 4.78 is 11.1. The maximum absolute atomic E-state index is 12.7. The highest BCUT2D eigenvalue weighted by Gasteiger charge is 2.22. The van der Waals surface area contributed by atoms with Crippen molar-refractivity contribution >= 4 is 5.91 Å². The summed E-state index contributed by atoms with van der Waals surface area (Å²) in [5, 5.41) is 12.5. The van der Waals surface area contributed by atoms with Crippen LogP contribution in [0.4, 0.5) is 0 Å². The van der Waals surface area contributed by atoms with Gasteiger partial charge < -0.3 is 19.9 Å². The molecule has 0 aromatic heterocycles. The quantitative estimate of drug-likeness (QED) is 0.686. The van der Waals surface area contributed by atoms with Gasteiger partial charge in [-0.3, -0.25) is 4.79 Å². The fraction of sp³-hybridized carbons (Fsp3) is 0.381. The molecule has 2 atom stereocenters. The molecule has 1 amide bonds. The molecule has 0 saturated carbocycles. The number of benzene rings is 2. The van der Waals surface area contributed by atoms with Gasteiger partial charge in [-0.15, -0.1) is 0 Å². The van der Waals surface area contributed by atoms with Gasteiger partial charge in [0.05, 0.1) is 19.3 Å². The molecule has 5 nitrogen and oxygen atoms in total. The van der Waals surface area contributed by atoms with E-state index in [9.17, 15) is 9.90 Å². The molecule has 0 aliphatic carbocycles. The first kappa shape index (κ1) is 19.9. The molecule has 140 valence electrons. The van der Waals surface area contributed by atoms with Gasteiger partial charge in [0, 0.05) is 13.0 Å². The number of nitrogens with one attached hydrogen (secondary N) is 1. The Morgan fingerprint density at radius 2 is 1.73 bits per heavy atom. The third kappa shape index (κ3) is 5.86. The Balaban J connectivity index is 2.03. The fourth-order valence-electron chi connectivity index (χ4n) is 2.72. The SMILES string of the molecule is CCOc1ccc(C[C@@H](OCC)C(=O)NC(CO)c2ccccc2)cc1. The standard InChI is InChI=1S/C21H27NO4/c1-3-25-18-12-10-16(11-13-18)14-20(26-4-2)21(24)22-19(15-23)17-8-6-5-7-9-17/h5-13,19-20,23H,3-4,14-15H2,1-2H3,(H,22,24)/t19?,20-/m1/s1. The van der Waals surface area contributed by atoms with E-state index >= 15 is 0 Å². The fourth-order valence-corrected chi connectivity index (χ4v) is 2.72. The molecule has 0 fully saturated rings. The maximum atomic E-state index is 12.7. The summed E-state index contributed by atoms with van der Waals surface area (Å²) >= 11 is 0. The van der Waals surface area contributed by atoms with Crippen LogP contribution in [0.15, 0.2) is 54.6 Å². The number of aliphatic hydroxyl groups excluding tert-OH is 1. The van der Waals surface area contributed by atoms with Crippen LogP contribution in [0.25, 0.3) is 0 Å². The Bertz CT molecular complexity index is 657. The van der Waals surface area contributed by atoms with Crippen molar-refractivity contribution in [1.29, 1.82) is 0 Å². The molecule has 0 aliphatic rings. The highest BCUT2D eigenvalue weighted by Crippen LogP contribution is 2.16. The minimum atomic E-state index is -0.615. The van der Waals surface area contributed by atoms with E-state index in [0.29, 0.717) is 19.6 Å². The zero-order valence-corrected chi connectivity index (χ0v) is 15.4. The summed E-state index contributed by atoms with van der Waals surface area (Å²) in [6, 6.07) is 16.6. The van der Waals surface area contributed by atoms with Crippen molar-refractivity contribution in [1.82, 2.24) is 5.32 Å². The van der Waals surface area contributed by atoms with Gasteiger partial charge in [-0.25, -0.2) is 0 Å². The highest BCUT2D eigenvalue weighted by atomic mass is 16.5. The molecule has 2 rings (SSSR count). The van der Waals surface area contributed by atoms with Gasteiger partial charge in [0.2, 0.25) is 5.91 Å². The second kappa shape index (κ2) is 10.6. The topological polar surface area (TPSA) is 67.8 Å². The van der Waals surface area contributed by atoms with Crippen molar-refractivity contribution in [3.8, 4) is 5.75 Å². The van der Waals surface area contributed by atoms with E-state index < -0.39 is 12.1 Å². The predicted octanol–water partition coefficient (Wildman–Crippen LogP) is 2.88. The van der Waals surface area contributed by atoms with Crippen LogP contribution in [-0.2, 0) is 16.0 Å². The molecule has 26 heavy (non-hydrogen) atoms. The average Bonchev–Trinajstić information content (AvgIpc) is 2.68. The number of hydrogen-bond donors (Lipinski definition) is 2. The predicted molar refractivity (Wildman–Crippen MR) is 101 cm³/mol. The summed E-state index contributed by atoms with van der Waals surface area (Å²) in [4.78, 5) is 12.7. The average molecular weight is 357 g/mol. The first-order valence-electron chi connectivity index (χ1n) is 8.97. The zero-order valence-electron chi connectivity index (χ0n) is 15.4. The van der Waals surface area contributed by atoms with E-state index in [4.69, 9.17) is 9.47 Å². The second-order valence-corrected chi connectivity index (χ2v) is 5.88. The van der Waals surface area contributed by atoms with Crippen LogP contribution in [0.5, 0.6) is 5.75 Å². The maximum Gasteiger partial charge on any atom is 0.250 e. The summed E-state index contributed by atoms with van der Waals surface area (Å²) in [6.45, 7) is 4.68. The molecule has 2 aromatic rings. The Hall–Kier alpha value is -2.37. The van der Waals surface area contributed by atoms with Crippen LogP contribution in [0.2, 0.25) is 0 Å². The molecule has 0 aliphatic heterocycles. The Labute approximate surface area is 155 Å². The molecule has 0 bridgehead atoms. The first-order chi connectivity index (χ1) is 12.7. The molecular weight excluding hydrogens is 330 g/mol. The highest BCUT2D eigenvalue weighted by molar-refractivity contribution is 5.81. The molecule has 1 unspecified atom stereocenters. The van der Waals surface area contributed by atoms with E-state index in [2.05, 4.69) is 5.32 Å². The van der Waals surface area contributed by atoms with Gasteiger partial charge in [0.25, 0.3) is 0 Å². The van der Waals surface area contributed by atoms with E-state index in [-0.39, 0.29) is 12.5 Å². The van der Waals surface area contributed by atoms with Gasteiger partial charge in [-0.2, -0.15) is 0 Å². The third-order valence-corrected chi connectivity index (χ3v) is 4.02. The summed E-state index contributed by atoms with van der Waals surface area (Å²) in [7, 11) is 0. The Kier molecular flexibility index (Phi) is 8.12. The van der Waals surface area contributed by atoms with E-state index in [1.165, 1.54) is 0 Å². The van der Waals surface area contributed by atoms with Crippen molar-refractivity contribution in [2.45, 2.75) is 32.4 Å². The van der Waals surface area contributed by atoms with Crippen LogP contribution in [0, 0.1) is 0 Å². The number of aliphatic hydroxyl groups is 1. The summed E-state index contributed by atoms with van der Waals surface area (Å²) in [5.41, 5.74) is 1.85. The number of ether oxygens (including phenoxy) is 2. The monoisotopic (exact) mass is 357 g/mol. The first-order valence-corrected chi connectivity index (χ1v) is 8.97. The Morgan fingerprint density at radius 1 is 1.04 bits per heavy atom. The summed E-state index contributed by atoms with van der Waals surface area (Å²) in [6.07, 6.45) is -0.158. The molecule has 2 aromatic carbocycles. The lowest BCUT2D eigenvalue weighted by Crippen LogP contribution is -2.41. The third-order valence-electron chi connectivity index (χ3n) is 4.02. The molecule has 0 saturated heterocycles. The smallest absolute Gasteiger partial charge is 0.250 e. The van der Waals surface area contributed by atoms with Crippen molar-refractivity contribution in [2.75, 3.05) is 19.8 Å². The molecule has 5 heteroatoms. The normalized spacial score (nSPS) is 13.0. The van der Waals surface area contributed by atoms with Crippen molar-refractivity contribution < 1.29 is 19.4 Å². The Morgan fingerprint density at radius 3 is 2.31 bits per heavy atom. The van der Waals surface area contributed by atoms with Gasteiger partial charge >= 0.3 is 0 Å². The minimum Gasteiger partial charge on any atom is -0.494 e. The summed E-state index contributed by atoms with van der Waals surface area (Å²) in [5.74, 6) is 0.571. The van der Waals surface area contributed by atoms with E-state index in [0.717, 1.165) is 16.9 Å². The molecule has 0 radical (unpaired) electrons. The van der Waals surface area contributed by atoms with Crippen LogP contribution in [-0.4, -0.2) is 36.9 Å². The largest absolute Gasteiger partial charge is 0.494 e. The van der Waals surface area contributed by atoms with Gasteiger partial charge in [0.1, 0.15) is 11.9 Å². The van der Waals surface area contributed by atoms with Crippen LogP contribution < -0.4 is 10.1 Å². The second-order valence-electron chi connectivity index (χ2n) is 5.88. The van der Waals surface area contributed by atoms with Crippen LogP contribution in [0.1, 0.15) is 31.0 Å².